The van der Waals surface area contributed by atoms with Crippen LogP contribution in [-0.4, -0.2) is 9.55 Å². The summed E-state index contributed by atoms with van der Waals surface area (Å²) >= 11 is 0. The first-order chi connectivity index (χ1) is 15.5. The van der Waals surface area contributed by atoms with Crippen LogP contribution in [0, 0.1) is 5.92 Å². The number of rotatable bonds is 7. The topological polar surface area (TPSA) is 29.9 Å². The third-order valence-corrected chi connectivity index (χ3v) is 6.37. The van der Waals surface area contributed by atoms with Gasteiger partial charge in [-0.1, -0.05) is 101 Å². The zero-order valence-corrected chi connectivity index (χ0v) is 19.9. The molecule has 2 unspecified atom stereocenters. The summed E-state index contributed by atoms with van der Waals surface area (Å²) in [6.45, 7) is 9.10. The van der Waals surface area contributed by atoms with Crippen molar-refractivity contribution in [3.63, 3.8) is 0 Å². The van der Waals surface area contributed by atoms with E-state index < -0.39 is 0 Å². The highest BCUT2D eigenvalue weighted by atomic mass is 15.1. The van der Waals surface area contributed by atoms with Crippen LogP contribution in [0.5, 0.6) is 0 Å². The molecule has 1 N–H and O–H groups in total. The molecule has 166 valence electrons. The first kappa shape index (κ1) is 22.1. The van der Waals surface area contributed by atoms with Crippen molar-refractivity contribution in [1.82, 2.24) is 9.55 Å². The number of hydrogen-bond acceptors (Lipinski definition) is 2. The number of para-hydroxylation sites is 1. The van der Waals surface area contributed by atoms with Gasteiger partial charge in [-0.2, -0.15) is 0 Å². The lowest BCUT2D eigenvalue weighted by Gasteiger charge is -2.30. The van der Waals surface area contributed by atoms with Gasteiger partial charge < -0.3 is 9.88 Å². The predicted octanol–water partition coefficient (Wildman–Crippen LogP) is 7.62. The first-order valence-electron chi connectivity index (χ1n) is 11.8. The molecule has 1 aliphatic carbocycles. The number of anilines is 1. The monoisotopic (exact) mass is 425 g/mol. The van der Waals surface area contributed by atoms with Gasteiger partial charge in [0.15, 0.2) is 0 Å². The summed E-state index contributed by atoms with van der Waals surface area (Å²) < 4.78 is 2.19. The average molecular weight is 426 g/mol. The van der Waals surface area contributed by atoms with E-state index in [0.29, 0.717) is 17.8 Å². The highest BCUT2D eigenvalue weighted by molar-refractivity contribution is 5.62. The van der Waals surface area contributed by atoms with E-state index in [4.69, 9.17) is 4.98 Å². The van der Waals surface area contributed by atoms with E-state index in [2.05, 4.69) is 118 Å². The highest BCUT2D eigenvalue weighted by Gasteiger charge is 2.28. The maximum atomic E-state index is 5.14. The van der Waals surface area contributed by atoms with Crippen molar-refractivity contribution < 1.29 is 0 Å². The number of allylic oxidation sites excluding steroid dienone is 3. The lowest BCUT2D eigenvalue weighted by atomic mass is 9.88. The molecule has 0 fully saturated rings. The molecule has 0 radical (unpaired) electrons. The maximum absolute atomic E-state index is 5.14. The van der Waals surface area contributed by atoms with Crippen molar-refractivity contribution >= 4 is 5.69 Å². The number of benzene rings is 2. The van der Waals surface area contributed by atoms with Crippen LogP contribution in [0.25, 0.3) is 11.3 Å². The first-order valence-corrected chi connectivity index (χ1v) is 11.8. The van der Waals surface area contributed by atoms with Crippen LogP contribution in [0.15, 0.2) is 79.0 Å². The van der Waals surface area contributed by atoms with Gasteiger partial charge in [0.25, 0.3) is 0 Å². The normalized spacial score (nSPS) is 16.7. The number of imidazole rings is 1. The number of nitrogens with zero attached hydrogens (tertiary/aromatic N) is 2. The van der Waals surface area contributed by atoms with Gasteiger partial charge in [-0.05, 0) is 29.4 Å². The molecule has 1 aromatic heterocycles. The molecule has 1 aliphatic rings. The minimum atomic E-state index is 0.0797. The number of aryl methyl sites for hydroxylation is 1. The third-order valence-electron chi connectivity index (χ3n) is 6.37. The van der Waals surface area contributed by atoms with Crippen LogP contribution < -0.4 is 5.32 Å². The summed E-state index contributed by atoms with van der Waals surface area (Å²) in [5.41, 5.74) is 6.18. The molecule has 0 bridgehead atoms. The molecule has 3 nitrogen and oxygen atoms in total. The molecule has 32 heavy (non-hydrogen) atoms. The third kappa shape index (κ3) is 4.57. The Morgan fingerprint density at radius 2 is 1.59 bits per heavy atom. The SMILES string of the molecule is CC(C)c1cccc(C(C)C)c1NC(c1nc(-c2ccccc2)cn1C)C1C=CC=CC1. The predicted molar refractivity (Wildman–Crippen MR) is 136 cm³/mol. The van der Waals surface area contributed by atoms with E-state index in [-0.39, 0.29) is 6.04 Å². The molecule has 3 aromatic rings. The van der Waals surface area contributed by atoms with Crippen molar-refractivity contribution in [1.29, 1.82) is 0 Å². The van der Waals surface area contributed by atoms with Crippen LogP contribution in [0.4, 0.5) is 5.69 Å². The molecule has 2 aromatic carbocycles. The molecular weight excluding hydrogens is 390 g/mol. The molecule has 0 saturated carbocycles. The van der Waals surface area contributed by atoms with Crippen LogP contribution >= 0.6 is 0 Å². The van der Waals surface area contributed by atoms with Crippen molar-refractivity contribution in [2.45, 2.75) is 52.0 Å². The second-order valence-electron chi connectivity index (χ2n) is 9.42. The van der Waals surface area contributed by atoms with Gasteiger partial charge in [0.1, 0.15) is 5.82 Å². The van der Waals surface area contributed by atoms with E-state index in [1.165, 1.54) is 16.8 Å². The van der Waals surface area contributed by atoms with Crippen LogP contribution in [-0.2, 0) is 7.05 Å². The van der Waals surface area contributed by atoms with Crippen molar-refractivity contribution in [2.75, 3.05) is 5.32 Å². The fraction of sp³-hybridized carbons (Fsp3) is 0.345. The molecule has 0 spiro atoms. The zero-order chi connectivity index (χ0) is 22.7. The molecule has 1 heterocycles. The lowest BCUT2D eigenvalue weighted by Crippen LogP contribution is -2.25. The van der Waals surface area contributed by atoms with E-state index in [1.807, 2.05) is 6.07 Å². The van der Waals surface area contributed by atoms with Crippen LogP contribution in [0.2, 0.25) is 0 Å². The molecule has 2 atom stereocenters. The second-order valence-corrected chi connectivity index (χ2v) is 9.42. The Morgan fingerprint density at radius 1 is 0.906 bits per heavy atom. The molecule has 0 saturated heterocycles. The maximum Gasteiger partial charge on any atom is 0.132 e. The lowest BCUT2D eigenvalue weighted by molar-refractivity contribution is 0.515. The van der Waals surface area contributed by atoms with Gasteiger partial charge in [0.2, 0.25) is 0 Å². The van der Waals surface area contributed by atoms with Gasteiger partial charge in [-0.3, -0.25) is 0 Å². The highest BCUT2D eigenvalue weighted by Crippen LogP contribution is 2.38. The van der Waals surface area contributed by atoms with E-state index in [0.717, 1.165) is 23.5 Å². The quantitative estimate of drug-likeness (QED) is 0.422. The molecule has 0 aliphatic heterocycles. The Hall–Kier alpha value is -3.07. The largest absolute Gasteiger partial charge is 0.374 e. The Kier molecular flexibility index (Phi) is 6.64. The smallest absolute Gasteiger partial charge is 0.132 e. The number of nitrogens with one attached hydrogen (secondary N) is 1. The average Bonchev–Trinajstić information content (AvgIpc) is 3.19. The standard InChI is InChI=1S/C29H35N3/c1-20(2)24-17-12-18-25(21(3)4)28(24)31-27(23-15-10-7-11-16-23)29-30-26(19-32(29)5)22-13-8-6-9-14-22/h6-15,17-21,23,27,31H,16H2,1-5H3. The zero-order valence-electron chi connectivity index (χ0n) is 19.9. The fourth-order valence-electron chi connectivity index (χ4n) is 4.60. The van der Waals surface area contributed by atoms with E-state index in [9.17, 15) is 0 Å². The molecule has 3 heteroatoms. The number of hydrogen-bond donors (Lipinski definition) is 1. The van der Waals surface area contributed by atoms with Gasteiger partial charge in [0, 0.05) is 30.4 Å². The minimum absolute atomic E-state index is 0.0797. The van der Waals surface area contributed by atoms with Gasteiger partial charge in [-0.15, -0.1) is 0 Å². The number of aromatic nitrogens is 2. The van der Waals surface area contributed by atoms with Gasteiger partial charge in [-0.25, -0.2) is 4.98 Å². The molecule has 0 amide bonds. The van der Waals surface area contributed by atoms with E-state index >= 15 is 0 Å². The van der Waals surface area contributed by atoms with E-state index in [1.54, 1.807) is 0 Å². The summed E-state index contributed by atoms with van der Waals surface area (Å²) in [5, 5.41) is 4.00. The van der Waals surface area contributed by atoms with Crippen molar-refractivity contribution in [3.8, 4) is 11.3 Å². The summed E-state index contributed by atoms with van der Waals surface area (Å²) in [5.74, 6) is 2.30. The Bertz CT molecular complexity index is 1080. The van der Waals surface area contributed by atoms with Crippen molar-refractivity contribution in [3.05, 3.63) is 96.0 Å². The summed E-state index contributed by atoms with van der Waals surface area (Å²) in [6.07, 6.45) is 12.0. The summed E-state index contributed by atoms with van der Waals surface area (Å²) in [7, 11) is 2.11. The summed E-state index contributed by atoms with van der Waals surface area (Å²) in [6, 6.07) is 17.3. The molecule has 4 rings (SSSR count). The van der Waals surface area contributed by atoms with Crippen molar-refractivity contribution in [2.24, 2.45) is 13.0 Å². The Balaban J connectivity index is 1.80. The summed E-state index contributed by atoms with van der Waals surface area (Å²) in [4.78, 5) is 5.14. The van der Waals surface area contributed by atoms with Crippen LogP contribution in [0.3, 0.4) is 0 Å². The van der Waals surface area contributed by atoms with Gasteiger partial charge in [0.05, 0.1) is 11.7 Å². The second kappa shape index (κ2) is 9.60. The minimum Gasteiger partial charge on any atom is -0.374 e. The fourth-order valence-corrected chi connectivity index (χ4v) is 4.60. The Labute approximate surface area is 192 Å². The Morgan fingerprint density at radius 3 is 2.19 bits per heavy atom. The van der Waals surface area contributed by atoms with Gasteiger partial charge >= 0.3 is 0 Å². The molecular formula is C29H35N3. The van der Waals surface area contributed by atoms with Crippen LogP contribution in [0.1, 0.15) is 68.9 Å².